The molecule has 0 fully saturated rings. The minimum absolute atomic E-state index is 0.00430. The molecule has 0 saturated carbocycles. The number of hydrogen-bond donors (Lipinski definition) is 1. The number of nitrogens with one attached hydrogen (secondary N) is 1. The minimum Gasteiger partial charge on any atom is -0.475 e. The van der Waals surface area contributed by atoms with E-state index in [0.717, 1.165) is 23.1 Å². The average Bonchev–Trinajstić information content (AvgIpc) is 3.26. The monoisotopic (exact) mass is 511 g/mol. The summed E-state index contributed by atoms with van der Waals surface area (Å²) in [6.45, 7) is 8.00. The Morgan fingerprint density at radius 1 is 1.28 bits per heavy atom. The van der Waals surface area contributed by atoms with Gasteiger partial charge < -0.3 is 9.64 Å². The number of nitrogens with zero attached hydrogens (tertiary/aromatic N) is 4. The number of ether oxygens (including phenoxy) is 1. The lowest BCUT2D eigenvalue weighted by Crippen LogP contribution is -2.34. The standard InChI is InChI=1S/C26H30FN5O3S/c1-15(2)18-10-17(27)11-19-16-7-8-28-23(9-16)35-14-26(3,4)32-13-21(25(34)31(5)6)24(29-32)36-30-22(33)12-20(18)19/h7-11,13,15H,12,14H2,1-6H3,(H,30,33). The van der Waals surface area contributed by atoms with Gasteiger partial charge >= 0.3 is 0 Å². The zero-order valence-corrected chi connectivity index (χ0v) is 22.1. The van der Waals surface area contributed by atoms with E-state index in [4.69, 9.17) is 4.74 Å². The fourth-order valence-electron chi connectivity index (χ4n) is 4.03. The van der Waals surface area contributed by atoms with Gasteiger partial charge in [0.15, 0.2) is 5.03 Å². The highest BCUT2D eigenvalue weighted by Crippen LogP contribution is 2.34. The third-order valence-electron chi connectivity index (χ3n) is 6.03. The molecule has 4 bridgehead atoms. The normalized spacial score (nSPS) is 15.3. The van der Waals surface area contributed by atoms with Crippen molar-refractivity contribution in [2.45, 2.75) is 50.6 Å². The van der Waals surface area contributed by atoms with Gasteiger partial charge in [-0.05, 0) is 60.2 Å². The quantitative estimate of drug-likeness (QED) is 0.513. The molecule has 1 aliphatic heterocycles. The van der Waals surface area contributed by atoms with E-state index in [9.17, 15) is 14.0 Å². The minimum atomic E-state index is -0.642. The van der Waals surface area contributed by atoms with Gasteiger partial charge in [-0.2, -0.15) is 5.10 Å². The zero-order valence-electron chi connectivity index (χ0n) is 21.3. The Balaban J connectivity index is 1.85. The van der Waals surface area contributed by atoms with E-state index in [1.807, 2.05) is 27.7 Å². The van der Waals surface area contributed by atoms with E-state index in [1.165, 1.54) is 17.0 Å². The second-order valence-corrected chi connectivity index (χ2v) is 10.8. The van der Waals surface area contributed by atoms with Gasteiger partial charge in [0.1, 0.15) is 12.4 Å². The molecule has 2 amide bonds. The van der Waals surface area contributed by atoms with Crippen molar-refractivity contribution in [3.63, 3.8) is 0 Å². The van der Waals surface area contributed by atoms with E-state index in [-0.39, 0.29) is 36.6 Å². The van der Waals surface area contributed by atoms with Crippen LogP contribution in [0.4, 0.5) is 4.39 Å². The fraction of sp³-hybridized carbons (Fsp3) is 0.385. The molecule has 0 unspecified atom stereocenters. The Hall–Kier alpha value is -3.40. The maximum Gasteiger partial charge on any atom is 0.257 e. The van der Waals surface area contributed by atoms with E-state index < -0.39 is 5.54 Å². The lowest BCUT2D eigenvalue weighted by atomic mass is 9.88. The summed E-state index contributed by atoms with van der Waals surface area (Å²) >= 11 is 0.995. The number of pyridine rings is 1. The number of rotatable bonds is 2. The molecule has 1 aliphatic rings. The third kappa shape index (κ3) is 5.23. The van der Waals surface area contributed by atoms with Gasteiger partial charge in [-0.25, -0.2) is 9.37 Å². The summed E-state index contributed by atoms with van der Waals surface area (Å²) in [5, 5.41) is 4.99. The molecular formula is C26H30FN5O3S. The Labute approximate surface area is 214 Å². The van der Waals surface area contributed by atoms with Crippen molar-refractivity contribution in [1.29, 1.82) is 0 Å². The Kier molecular flexibility index (Phi) is 7.08. The third-order valence-corrected chi connectivity index (χ3v) is 6.85. The lowest BCUT2D eigenvalue weighted by Gasteiger charge is -2.25. The summed E-state index contributed by atoms with van der Waals surface area (Å²) in [7, 11) is 3.32. The SMILES string of the molecule is CC(C)c1cc(F)cc2c1CC(=O)NSc1nn(cc1C(=O)N(C)C)C(C)(C)COc1cc-2ccn1. The van der Waals surface area contributed by atoms with Crippen LogP contribution in [0.2, 0.25) is 0 Å². The number of carbonyl (C=O) groups excluding carboxylic acids is 2. The highest BCUT2D eigenvalue weighted by molar-refractivity contribution is 7.98. The second-order valence-electron chi connectivity index (χ2n) is 9.96. The molecule has 2 aromatic heterocycles. The van der Waals surface area contributed by atoms with Crippen molar-refractivity contribution < 1.29 is 18.7 Å². The molecule has 8 nitrogen and oxygen atoms in total. The molecule has 10 heteroatoms. The Bertz CT molecular complexity index is 1320. The van der Waals surface area contributed by atoms with Crippen LogP contribution in [0.25, 0.3) is 11.1 Å². The summed E-state index contributed by atoms with van der Waals surface area (Å²) in [6, 6.07) is 6.45. The van der Waals surface area contributed by atoms with Crippen LogP contribution in [0, 0.1) is 5.82 Å². The van der Waals surface area contributed by atoms with Crippen LogP contribution in [0.3, 0.4) is 0 Å². The van der Waals surface area contributed by atoms with Gasteiger partial charge in [-0.1, -0.05) is 13.8 Å². The van der Waals surface area contributed by atoms with Crippen LogP contribution in [-0.4, -0.2) is 52.2 Å². The molecule has 36 heavy (non-hydrogen) atoms. The van der Waals surface area contributed by atoms with Crippen molar-refractivity contribution in [3.8, 4) is 17.0 Å². The molecule has 0 spiro atoms. The van der Waals surface area contributed by atoms with Crippen molar-refractivity contribution in [2.24, 2.45) is 0 Å². The van der Waals surface area contributed by atoms with Gasteiger partial charge in [0.25, 0.3) is 5.91 Å². The number of halogens is 1. The molecule has 190 valence electrons. The predicted molar refractivity (Wildman–Crippen MR) is 136 cm³/mol. The zero-order chi connectivity index (χ0) is 26.2. The molecule has 0 aliphatic carbocycles. The largest absolute Gasteiger partial charge is 0.475 e. The van der Waals surface area contributed by atoms with Crippen molar-refractivity contribution in [1.82, 2.24) is 24.4 Å². The number of carbonyl (C=O) groups is 2. The molecule has 0 radical (unpaired) electrons. The van der Waals surface area contributed by atoms with Crippen LogP contribution in [0.15, 0.2) is 41.7 Å². The Morgan fingerprint density at radius 2 is 2.03 bits per heavy atom. The first kappa shape index (κ1) is 25.7. The van der Waals surface area contributed by atoms with Crippen molar-refractivity contribution >= 4 is 23.8 Å². The van der Waals surface area contributed by atoms with Crippen LogP contribution in [0.5, 0.6) is 5.88 Å². The number of aromatic nitrogens is 3. The summed E-state index contributed by atoms with van der Waals surface area (Å²) in [5.41, 5.74) is 2.54. The number of amides is 2. The average molecular weight is 512 g/mol. The molecule has 3 heterocycles. The van der Waals surface area contributed by atoms with Gasteiger partial charge in [0.05, 0.1) is 17.5 Å². The fourth-order valence-corrected chi connectivity index (χ4v) is 4.69. The molecule has 0 saturated heterocycles. The molecule has 4 rings (SSSR count). The first-order valence-electron chi connectivity index (χ1n) is 11.7. The van der Waals surface area contributed by atoms with Gasteiger partial charge in [0, 0.05) is 44.5 Å². The molecule has 1 N–H and O–H groups in total. The van der Waals surface area contributed by atoms with Crippen LogP contribution < -0.4 is 9.46 Å². The first-order chi connectivity index (χ1) is 17.0. The summed E-state index contributed by atoms with van der Waals surface area (Å²) in [5.74, 6) is -0.523. The van der Waals surface area contributed by atoms with E-state index >= 15 is 0 Å². The van der Waals surface area contributed by atoms with Gasteiger partial charge in [-0.3, -0.25) is 19.0 Å². The van der Waals surface area contributed by atoms with E-state index in [0.29, 0.717) is 27.6 Å². The number of hydrogen-bond acceptors (Lipinski definition) is 6. The second kappa shape index (κ2) is 9.93. The molecule has 1 aromatic carbocycles. The lowest BCUT2D eigenvalue weighted by molar-refractivity contribution is -0.118. The smallest absolute Gasteiger partial charge is 0.257 e. The van der Waals surface area contributed by atoms with Crippen LogP contribution in [0.1, 0.15) is 55.1 Å². The molecular weight excluding hydrogens is 481 g/mol. The summed E-state index contributed by atoms with van der Waals surface area (Å²) in [6.07, 6.45) is 3.30. The maximum absolute atomic E-state index is 14.7. The predicted octanol–water partition coefficient (Wildman–Crippen LogP) is 4.40. The van der Waals surface area contributed by atoms with Gasteiger partial charge in [0.2, 0.25) is 11.8 Å². The van der Waals surface area contributed by atoms with E-state index in [2.05, 4.69) is 14.8 Å². The topological polar surface area (TPSA) is 89.4 Å². The van der Waals surface area contributed by atoms with E-state index in [1.54, 1.807) is 43.3 Å². The molecule has 0 atom stereocenters. The number of benzene rings is 1. The maximum atomic E-state index is 14.7. The highest BCUT2D eigenvalue weighted by atomic mass is 32.2. The van der Waals surface area contributed by atoms with Crippen molar-refractivity contribution in [3.05, 3.63) is 59.2 Å². The first-order valence-corrected chi connectivity index (χ1v) is 12.5. The van der Waals surface area contributed by atoms with Gasteiger partial charge in [-0.15, -0.1) is 0 Å². The highest BCUT2D eigenvalue weighted by Gasteiger charge is 2.29. The molecule has 3 aromatic rings. The number of fused-ring (bicyclic) bond motifs is 6. The Morgan fingerprint density at radius 3 is 2.72 bits per heavy atom. The van der Waals surface area contributed by atoms with Crippen LogP contribution in [-0.2, 0) is 16.8 Å². The summed E-state index contributed by atoms with van der Waals surface area (Å²) in [4.78, 5) is 31.8. The summed E-state index contributed by atoms with van der Waals surface area (Å²) < 4.78 is 25.2. The van der Waals surface area contributed by atoms with Crippen molar-refractivity contribution in [2.75, 3.05) is 20.7 Å². The van der Waals surface area contributed by atoms with Crippen LogP contribution >= 0.6 is 11.9 Å².